The van der Waals surface area contributed by atoms with E-state index < -0.39 is 0 Å². The molecule has 1 aromatic rings. The summed E-state index contributed by atoms with van der Waals surface area (Å²) < 4.78 is 4.77. The second kappa shape index (κ2) is 17.3. The molecule has 0 aliphatic rings. The third-order valence-corrected chi connectivity index (χ3v) is 6.67. The van der Waals surface area contributed by atoms with Crippen LogP contribution >= 0.6 is 11.3 Å². The highest BCUT2D eigenvalue weighted by molar-refractivity contribution is 7.18. The molecule has 1 amide bonds. The van der Waals surface area contributed by atoms with Crippen LogP contribution in [0.25, 0.3) is 0 Å². The molecule has 5 heteroatoms. The number of carbonyl (C=O) groups is 2. The summed E-state index contributed by atoms with van der Waals surface area (Å²) in [6.45, 7) is 4.88. The number of rotatable bonds is 18. The molecule has 4 nitrogen and oxygen atoms in total. The Morgan fingerprint density at radius 1 is 0.800 bits per heavy atom. The van der Waals surface area contributed by atoms with E-state index >= 15 is 0 Å². The molecule has 0 aliphatic carbocycles. The van der Waals surface area contributed by atoms with Crippen molar-refractivity contribution in [2.24, 2.45) is 0 Å². The van der Waals surface area contributed by atoms with E-state index in [2.05, 4.69) is 6.92 Å². The number of ether oxygens (including phenoxy) is 1. The van der Waals surface area contributed by atoms with Gasteiger partial charge in [-0.2, -0.15) is 0 Å². The summed E-state index contributed by atoms with van der Waals surface area (Å²) in [4.78, 5) is 26.4. The van der Waals surface area contributed by atoms with Crippen molar-refractivity contribution in [2.75, 3.05) is 18.6 Å². The number of esters is 1. The van der Waals surface area contributed by atoms with Crippen LogP contribution in [0.3, 0.4) is 0 Å². The number of hydrogen-bond donors (Lipinski definition) is 0. The Kier molecular flexibility index (Phi) is 15.4. The van der Waals surface area contributed by atoms with Gasteiger partial charge in [0.25, 0.3) is 0 Å². The lowest BCUT2D eigenvalue weighted by molar-refractivity contribution is -0.118. The number of anilines is 1. The van der Waals surface area contributed by atoms with Crippen LogP contribution < -0.4 is 4.90 Å². The minimum Gasteiger partial charge on any atom is -0.465 e. The Morgan fingerprint density at radius 3 is 1.77 bits per heavy atom. The SMILES string of the molecule is CCCCCCCCCCCCCCCCN(C(=O)CC)c1ccc(C(=O)OC)s1. The second-order valence-electron chi connectivity index (χ2n) is 8.12. The van der Waals surface area contributed by atoms with Gasteiger partial charge < -0.3 is 9.64 Å². The summed E-state index contributed by atoms with van der Waals surface area (Å²) >= 11 is 1.33. The quantitative estimate of drug-likeness (QED) is 0.174. The van der Waals surface area contributed by atoms with Gasteiger partial charge in [-0.25, -0.2) is 4.79 Å². The Bertz CT molecular complexity index is 585. The van der Waals surface area contributed by atoms with Crippen molar-refractivity contribution in [2.45, 2.75) is 110 Å². The van der Waals surface area contributed by atoms with Gasteiger partial charge in [-0.05, 0) is 18.6 Å². The molecule has 0 aromatic carbocycles. The van der Waals surface area contributed by atoms with Gasteiger partial charge in [-0.15, -0.1) is 11.3 Å². The highest BCUT2D eigenvalue weighted by Gasteiger charge is 2.18. The zero-order valence-electron chi connectivity index (χ0n) is 19.5. The van der Waals surface area contributed by atoms with Crippen molar-refractivity contribution in [3.05, 3.63) is 17.0 Å². The van der Waals surface area contributed by atoms with Crippen molar-refractivity contribution in [3.63, 3.8) is 0 Å². The highest BCUT2D eigenvalue weighted by Crippen LogP contribution is 2.27. The standard InChI is InChI=1S/C25H43NO3S/c1-4-6-7-8-9-10-11-12-13-14-15-16-17-18-21-26(23(27)5-2)24-20-19-22(30-24)25(28)29-3/h19-20H,4-18,21H2,1-3H3. The molecule has 0 saturated carbocycles. The first-order chi connectivity index (χ1) is 14.6. The summed E-state index contributed by atoms with van der Waals surface area (Å²) in [6.07, 6.45) is 19.0. The van der Waals surface area contributed by atoms with E-state index in [9.17, 15) is 9.59 Å². The van der Waals surface area contributed by atoms with Crippen LogP contribution in [0, 0.1) is 0 Å². The molecule has 0 atom stereocenters. The fraction of sp³-hybridized carbons (Fsp3) is 0.760. The van der Waals surface area contributed by atoms with E-state index in [1.807, 2.05) is 17.9 Å². The molecular formula is C25H43NO3S. The van der Waals surface area contributed by atoms with Gasteiger partial charge in [-0.1, -0.05) is 97.3 Å². The highest BCUT2D eigenvalue weighted by atomic mass is 32.1. The van der Waals surface area contributed by atoms with Crippen molar-refractivity contribution in [3.8, 4) is 0 Å². The van der Waals surface area contributed by atoms with Crippen molar-refractivity contribution < 1.29 is 14.3 Å². The molecule has 0 spiro atoms. The maximum absolute atomic E-state index is 12.3. The van der Waals surface area contributed by atoms with E-state index in [1.165, 1.54) is 95.5 Å². The molecule has 0 N–H and O–H groups in total. The summed E-state index contributed by atoms with van der Waals surface area (Å²) in [5.41, 5.74) is 0. The minimum atomic E-state index is -0.341. The summed E-state index contributed by atoms with van der Waals surface area (Å²) in [5, 5.41) is 0.844. The van der Waals surface area contributed by atoms with Crippen LogP contribution in [0.2, 0.25) is 0 Å². The van der Waals surface area contributed by atoms with E-state index in [-0.39, 0.29) is 11.9 Å². The van der Waals surface area contributed by atoms with Crippen LogP contribution in [0.4, 0.5) is 5.00 Å². The monoisotopic (exact) mass is 437 g/mol. The maximum Gasteiger partial charge on any atom is 0.348 e. The molecule has 30 heavy (non-hydrogen) atoms. The van der Waals surface area contributed by atoms with Gasteiger partial charge in [0.05, 0.1) is 12.1 Å². The fourth-order valence-corrected chi connectivity index (χ4v) is 4.66. The third kappa shape index (κ3) is 11.1. The van der Waals surface area contributed by atoms with Crippen LogP contribution in [-0.4, -0.2) is 25.5 Å². The third-order valence-electron chi connectivity index (χ3n) is 5.58. The fourth-order valence-electron chi connectivity index (χ4n) is 3.70. The number of carbonyl (C=O) groups excluding carboxylic acids is 2. The van der Waals surface area contributed by atoms with Crippen molar-refractivity contribution in [1.82, 2.24) is 0 Å². The molecule has 1 rings (SSSR count). The van der Waals surface area contributed by atoms with Gasteiger partial charge in [0, 0.05) is 13.0 Å². The molecule has 1 heterocycles. The maximum atomic E-state index is 12.3. The predicted octanol–water partition coefficient (Wildman–Crippen LogP) is 7.76. The van der Waals surface area contributed by atoms with Crippen molar-refractivity contribution >= 4 is 28.2 Å². The zero-order chi connectivity index (χ0) is 22.0. The molecule has 0 aliphatic heterocycles. The summed E-state index contributed by atoms with van der Waals surface area (Å²) in [5.74, 6) is -0.227. The van der Waals surface area contributed by atoms with Gasteiger partial charge in [0.15, 0.2) is 0 Å². The Labute approximate surface area is 188 Å². The van der Waals surface area contributed by atoms with E-state index in [1.54, 1.807) is 6.07 Å². The van der Waals surface area contributed by atoms with E-state index in [0.717, 1.165) is 24.4 Å². The number of methoxy groups -OCH3 is 1. The van der Waals surface area contributed by atoms with Gasteiger partial charge in [0.2, 0.25) is 5.91 Å². The van der Waals surface area contributed by atoms with E-state index in [4.69, 9.17) is 4.74 Å². The smallest absolute Gasteiger partial charge is 0.348 e. The average Bonchev–Trinajstić information content (AvgIpc) is 3.25. The number of hydrogen-bond acceptors (Lipinski definition) is 4. The van der Waals surface area contributed by atoms with E-state index in [0.29, 0.717) is 11.3 Å². The number of nitrogens with zero attached hydrogens (tertiary/aromatic N) is 1. The largest absolute Gasteiger partial charge is 0.465 e. The first-order valence-corrected chi connectivity index (χ1v) is 12.9. The van der Waals surface area contributed by atoms with Gasteiger partial charge in [0.1, 0.15) is 4.88 Å². The van der Waals surface area contributed by atoms with Gasteiger partial charge in [-0.3, -0.25) is 4.79 Å². The second-order valence-corrected chi connectivity index (χ2v) is 9.19. The lowest BCUT2D eigenvalue weighted by Crippen LogP contribution is -2.30. The Hall–Kier alpha value is -1.36. The summed E-state index contributed by atoms with van der Waals surface area (Å²) in [6, 6.07) is 3.60. The average molecular weight is 438 g/mol. The zero-order valence-corrected chi connectivity index (χ0v) is 20.4. The summed E-state index contributed by atoms with van der Waals surface area (Å²) in [7, 11) is 1.38. The topological polar surface area (TPSA) is 46.6 Å². The molecule has 172 valence electrons. The first kappa shape index (κ1) is 26.7. The molecule has 0 bridgehead atoms. The molecule has 0 radical (unpaired) electrons. The van der Waals surface area contributed by atoms with Crippen LogP contribution in [0.15, 0.2) is 12.1 Å². The number of amides is 1. The van der Waals surface area contributed by atoms with Crippen LogP contribution in [-0.2, 0) is 9.53 Å². The predicted molar refractivity (Wildman–Crippen MR) is 129 cm³/mol. The van der Waals surface area contributed by atoms with Crippen molar-refractivity contribution in [1.29, 1.82) is 0 Å². The number of thiophene rings is 1. The number of unbranched alkanes of at least 4 members (excludes halogenated alkanes) is 13. The Morgan fingerprint density at radius 2 is 1.30 bits per heavy atom. The molecule has 0 unspecified atom stereocenters. The lowest BCUT2D eigenvalue weighted by atomic mass is 10.0. The molecule has 1 aromatic heterocycles. The molecule has 0 saturated heterocycles. The van der Waals surface area contributed by atoms with Crippen LogP contribution in [0.1, 0.15) is 120 Å². The van der Waals surface area contributed by atoms with Crippen LogP contribution in [0.5, 0.6) is 0 Å². The van der Waals surface area contributed by atoms with Gasteiger partial charge >= 0.3 is 5.97 Å². The lowest BCUT2D eigenvalue weighted by Gasteiger charge is -2.20. The first-order valence-electron chi connectivity index (χ1n) is 12.1. The Balaban J connectivity index is 2.13. The molecular weight excluding hydrogens is 394 g/mol. The minimum absolute atomic E-state index is 0.114. The molecule has 0 fully saturated rings. The normalized spacial score (nSPS) is 10.9.